The normalized spacial score (nSPS) is 24.8. The van der Waals surface area contributed by atoms with E-state index in [1.807, 2.05) is 30.3 Å². The van der Waals surface area contributed by atoms with Crippen molar-refractivity contribution in [2.75, 3.05) is 40.6 Å². The second-order valence-electron chi connectivity index (χ2n) is 6.81. The van der Waals surface area contributed by atoms with Gasteiger partial charge in [-0.15, -0.1) is 0 Å². The minimum atomic E-state index is -0.347. The molecule has 1 saturated heterocycles. The van der Waals surface area contributed by atoms with Gasteiger partial charge in [0.25, 0.3) is 0 Å². The largest absolute Gasteiger partial charge is 0.461 e. The van der Waals surface area contributed by atoms with Crippen LogP contribution in [0.15, 0.2) is 30.3 Å². The number of rotatable bonds is 12. The molecule has 1 aliphatic rings. The predicted molar refractivity (Wildman–Crippen MR) is 103 cm³/mol. The van der Waals surface area contributed by atoms with E-state index < -0.39 is 0 Å². The minimum absolute atomic E-state index is 0.0611. The van der Waals surface area contributed by atoms with Crippen molar-refractivity contribution < 1.29 is 33.2 Å². The van der Waals surface area contributed by atoms with Gasteiger partial charge in [-0.3, -0.25) is 4.79 Å². The van der Waals surface area contributed by atoms with Crippen molar-refractivity contribution in [3.8, 4) is 0 Å². The van der Waals surface area contributed by atoms with Crippen LogP contribution < -0.4 is 0 Å². The average molecular weight is 396 g/mol. The van der Waals surface area contributed by atoms with E-state index in [0.29, 0.717) is 32.8 Å². The van der Waals surface area contributed by atoms with Crippen molar-refractivity contribution in [3.63, 3.8) is 0 Å². The van der Waals surface area contributed by atoms with Crippen molar-refractivity contribution in [2.24, 2.45) is 5.92 Å². The molecule has 1 aromatic rings. The van der Waals surface area contributed by atoms with Crippen molar-refractivity contribution in [2.45, 2.75) is 44.9 Å². The van der Waals surface area contributed by atoms with Crippen LogP contribution in [-0.4, -0.2) is 65.1 Å². The number of hydrogen-bond acceptors (Lipinski definition) is 7. The summed E-state index contributed by atoms with van der Waals surface area (Å²) in [4.78, 5) is 11.7. The van der Waals surface area contributed by atoms with Crippen LogP contribution in [0.4, 0.5) is 0 Å². The highest BCUT2D eigenvalue weighted by molar-refractivity contribution is 5.69. The zero-order chi connectivity index (χ0) is 20.2. The van der Waals surface area contributed by atoms with Gasteiger partial charge in [0, 0.05) is 26.6 Å². The average Bonchev–Trinajstić information content (AvgIpc) is 2.72. The van der Waals surface area contributed by atoms with Crippen molar-refractivity contribution in [3.05, 3.63) is 35.9 Å². The van der Waals surface area contributed by atoms with Gasteiger partial charge in [0.2, 0.25) is 0 Å². The maximum atomic E-state index is 11.7. The molecule has 7 heteroatoms. The van der Waals surface area contributed by atoms with Gasteiger partial charge in [0.05, 0.1) is 45.1 Å². The molecule has 28 heavy (non-hydrogen) atoms. The zero-order valence-electron chi connectivity index (χ0n) is 17.0. The molecule has 2 rings (SSSR count). The summed E-state index contributed by atoms with van der Waals surface area (Å²) in [5, 5.41) is 0. The molecule has 0 unspecified atom stereocenters. The first-order chi connectivity index (χ1) is 13.6. The summed E-state index contributed by atoms with van der Waals surface area (Å²) < 4.78 is 33.1. The summed E-state index contributed by atoms with van der Waals surface area (Å²) >= 11 is 0. The third-order valence-corrected chi connectivity index (χ3v) is 4.78. The van der Waals surface area contributed by atoms with Gasteiger partial charge in [0.1, 0.15) is 6.61 Å². The second-order valence-corrected chi connectivity index (χ2v) is 6.81. The molecular formula is C21H32O7. The standard InChI is InChI=1S/C21H32O7/c1-16-18(24-3)13-21(28-19(16)15-23-2)26-12-11-25-10-9-20(22)27-14-17-7-5-4-6-8-17/h4-8,16,18-19,21H,9-15H2,1-3H3/t16-,18-,19-,21-/m1/s1. The molecule has 0 radical (unpaired) electrons. The molecule has 0 N–H and O–H groups in total. The first-order valence-electron chi connectivity index (χ1n) is 9.70. The Morgan fingerprint density at radius 1 is 1.14 bits per heavy atom. The summed E-state index contributed by atoms with van der Waals surface area (Å²) in [6.07, 6.45) is 0.546. The highest BCUT2D eigenvalue weighted by atomic mass is 16.7. The Balaban J connectivity index is 1.55. The minimum Gasteiger partial charge on any atom is -0.461 e. The molecule has 0 bridgehead atoms. The number of ether oxygens (including phenoxy) is 6. The Kier molecular flexibility index (Phi) is 10.5. The van der Waals surface area contributed by atoms with E-state index >= 15 is 0 Å². The van der Waals surface area contributed by atoms with Gasteiger partial charge in [0.15, 0.2) is 6.29 Å². The third-order valence-electron chi connectivity index (χ3n) is 4.78. The molecule has 0 amide bonds. The number of methoxy groups -OCH3 is 2. The number of benzene rings is 1. The van der Waals surface area contributed by atoms with E-state index in [1.165, 1.54) is 0 Å². The van der Waals surface area contributed by atoms with Crippen LogP contribution in [0.1, 0.15) is 25.3 Å². The lowest BCUT2D eigenvalue weighted by molar-refractivity contribution is -0.247. The fourth-order valence-electron chi connectivity index (χ4n) is 3.10. The van der Waals surface area contributed by atoms with E-state index in [1.54, 1.807) is 14.2 Å². The Labute approximate surface area is 167 Å². The maximum Gasteiger partial charge on any atom is 0.308 e. The summed E-state index contributed by atoms with van der Waals surface area (Å²) in [7, 11) is 3.36. The van der Waals surface area contributed by atoms with Crippen LogP contribution in [0, 0.1) is 5.92 Å². The van der Waals surface area contributed by atoms with E-state index in [2.05, 4.69) is 6.92 Å². The first-order valence-corrected chi connectivity index (χ1v) is 9.70. The van der Waals surface area contributed by atoms with Crippen LogP contribution >= 0.6 is 0 Å². The van der Waals surface area contributed by atoms with Crippen LogP contribution in [0.25, 0.3) is 0 Å². The van der Waals surface area contributed by atoms with Gasteiger partial charge in [-0.25, -0.2) is 0 Å². The molecule has 0 saturated carbocycles. The van der Waals surface area contributed by atoms with Crippen molar-refractivity contribution >= 4 is 5.97 Å². The lowest BCUT2D eigenvalue weighted by atomic mass is 9.93. The molecular weight excluding hydrogens is 364 g/mol. The highest BCUT2D eigenvalue weighted by Gasteiger charge is 2.36. The Morgan fingerprint density at radius 2 is 1.93 bits per heavy atom. The Morgan fingerprint density at radius 3 is 2.64 bits per heavy atom. The number of carbonyl (C=O) groups excluding carboxylic acids is 1. The first kappa shape index (κ1) is 22.8. The molecule has 0 spiro atoms. The number of carbonyl (C=O) groups is 1. The fraction of sp³-hybridized carbons (Fsp3) is 0.667. The van der Waals surface area contributed by atoms with Gasteiger partial charge >= 0.3 is 5.97 Å². The fourth-order valence-corrected chi connectivity index (χ4v) is 3.10. The Bertz CT molecular complexity index is 551. The van der Waals surface area contributed by atoms with Crippen molar-refractivity contribution in [1.29, 1.82) is 0 Å². The molecule has 1 aliphatic heterocycles. The monoisotopic (exact) mass is 396 g/mol. The molecule has 7 nitrogen and oxygen atoms in total. The molecule has 1 aromatic carbocycles. The second kappa shape index (κ2) is 12.9. The van der Waals surface area contributed by atoms with Crippen LogP contribution in [0.5, 0.6) is 0 Å². The Hall–Kier alpha value is -1.51. The van der Waals surface area contributed by atoms with E-state index in [9.17, 15) is 4.79 Å². The molecule has 0 aliphatic carbocycles. The zero-order valence-corrected chi connectivity index (χ0v) is 17.0. The topological polar surface area (TPSA) is 72.5 Å². The van der Waals surface area contributed by atoms with Gasteiger partial charge in [-0.1, -0.05) is 37.3 Å². The van der Waals surface area contributed by atoms with Crippen molar-refractivity contribution in [1.82, 2.24) is 0 Å². The summed E-state index contributed by atoms with van der Waals surface area (Å²) in [5.74, 6) is -0.0392. The van der Waals surface area contributed by atoms with Crippen LogP contribution in [0.3, 0.4) is 0 Å². The predicted octanol–water partition coefficient (Wildman–Crippen LogP) is 2.57. The van der Waals surface area contributed by atoms with E-state index in [4.69, 9.17) is 28.4 Å². The van der Waals surface area contributed by atoms with E-state index in [0.717, 1.165) is 5.56 Å². The maximum absolute atomic E-state index is 11.7. The summed E-state index contributed by atoms with van der Waals surface area (Å²) in [5.41, 5.74) is 0.966. The van der Waals surface area contributed by atoms with E-state index in [-0.39, 0.29) is 43.4 Å². The number of hydrogen-bond donors (Lipinski definition) is 0. The van der Waals surface area contributed by atoms with Gasteiger partial charge < -0.3 is 28.4 Å². The summed E-state index contributed by atoms with van der Waals surface area (Å²) in [6.45, 7) is 3.94. The van der Waals surface area contributed by atoms with Gasteiger partial charge in [-0.2, -0.15) is 0 Å². The summed E-state index contributed by atoms with van der Waals surface area (Å²) in [6, 6.07) is 9.58. The SMILES string of the molecule is COC[C@H]1O[C@@H](OCCOCCC(=O)OCc2ccccc2)C[C@@H](OC)[C@H]1C. The van der Waals surface area contributed by atoms with Gasteiger partial charge in [-0.05, 0) is 5.56 Å². The van der Waals surface area contributed by atoms with Crippen LogP contribution in [-0.2, 0) is 39.8 Å². The molecule has 1 heterocycles. The third kappa shape index (κ3) is 7.85. The molecule has 0 aromatic heterocycles. The number of esters is 1. The smallest absolute Gasteiger partial charge is 0.308 e. The molecule has 1 fully saturated rings. The lowest BCUT2D eigenvalue weighted by Crippen LogP contribution is -2.46. The lowest BCUT2D eigenvalue weighted by Gasteiger charge is -2.39. The van der Waals surface area contributed by atoms with Crippen LogP contribution in [0.2, 0.25) is 0 Å². The molecule has 158 valence electrons. The molecule has 4 atom stereocenters. The highest BCUT2D eigenvalue weighted by Crippen LogP contribution is 2.28. The quantitative estimate of drug-likeness (QED) is 0.397.